The van der Waals surface area contributed by atoms with Gasteiger partial charge in [0.1, 0.15) is 6.10 Å². The Balaban J connectivity index is 2.53. The van der Waals surface area contributed by atoms with Gasteiger partial charge in [-0.05, 0) is 18.6 Å². The Morgan fingerprint density at radius 1 is 1.00 bits per heavy atom. The van der Waals surface area contributed by atoms with Gasteiger partial charge in [0.15, 0.2) is 11.5 Å². The Labute approximate surface area is 134 Å². The average molecular weight is 327 g/mol. The Morgan fingerprint density at radius 3 is 2.24 bits per heavy atom. The smallest absolute Gasteiger partial charge is 0.162 e. The maximum absolute atomic E-state index is 10.6. The van der Waals surface area contributed by atoms with Crippen LogP contribution < -0.4 is 9.47 Å². The summed E-state index contributed by atoms with van der Waals surface area (Å²) in [5, 5.41) is 11.5. The van der Waals surface area contributed by atoms with Crippen molar-refractivity contribution in [2.24, 2.45) is 0 Å². The molecule has 1 atom stereocenters. The van der Waals surface area contributed by atoms with Gasteiger partial charge < -0.3 is 14.6 Å². The first-order valence-electron chi connectivity index (χ1n) is 6.34. The lowest BCUT2D eigenvalue weighted by Gasteiger charge is -2.18. The molecule has 0 saturated heterocycles. The molecule has 0 aliphatic rings. The first kappa shape index (κ1) is 16.0. The number of hydrogen-bond acceptors (Lipinski definition) is 3. The minimum absolute atomic E-state index is 0.387. The molecule has 0 amide bonds. The van der Waals surface area contributed by atoms with Crippen molar-refractivity contribution in [3.05, 3.63) is 57.1 Å². The molecule has 0 bridgehead atoms. The van der Waals surface area contributed by atoms with Crippen molar-refractivity contribution in [3.8, 4) is 11.5 Å². The van der Waals surface area contributed by atoms with Crippen molar-refractivity contribution in [3.63, 3.8) is 0 Å². The van der Waals surface area contributed by atoms with Crippen LogP contribution in [0, 0.1) is 6.92 Å². The van der Waals surface area contributed by atoms with Crippen LogP contribution in [0.15, 0.2) is 30.3 Å². The highest BCUT2D eigenvalue weighted by atomic mass is 35.5. The molecule has 2 aromatic carbocycles. The molecule has 1 N–H and O–H groups in total. The first-order valence-corrected chi connectivity index (χ1v) is 7.09. The lowest BCUT2D eigenvalue weighted by Crippen LogP contribution is -2.03. The third kappa shape index (κ3) is 3.10. The zero-order chi connectivity index (χ0) is 15.6. The van der Waals surface area contributed by atoms with E-state index in [1.165, 1.54) is 14.2 Å². The SMILES string of the molecule is COc1cc(Cl)c(C(O)c2cccc(C)c2Cl)cc1OC. The molecule has 0 fully saturated rings. The Morgan fingerprint density at radius 2 is 1.62 bits per heavy atom. The maximum Gasteiger partial charge on any atom is 0.162 e. The quantitative estimate of drug-likeness (QED) is 0.904. The van der Waals surface area contributed by atoms with Gasteiger partial charge in [0, 0.05) is 22.2 Å². The average Bonchev–Trinajstić information content (AvgIpc) is 2.49. The summed E-state index contributed by atoms with van der Waals surface area (Å²) in [6.45, 7) is 1.88. The zero-order valence-corrected chi connectivity index (χ0v) is 13.5. The van der Waals surface area contributed by atoms with E-state index in [2.05, 4.69) is 0 Å². The van der Waals surface area contributed by atoms with Crippen LogP contribution in [0.4, 0.5) is 0 Å². The molecule has 21 heavy (non-hydrogen) atoms. The molecular weight excluding hydrogens is 311 g/mol. The second-order valence-corrected chi connectivity index (χ2v) is 5.39. The lowest BCUT2D eigenvalue weighted by atomic mass is 9.99. The Kier molecular flexibility index (Phi) is 4.99. The summed E-state index contributed by atoms with van der Waals surface area (Å²) in [7, 11) is 3.06. The number of rotatable bonds is 4. The van der Waals surface area contributed by atoms with Crippen molar-refractivity contribution in [1.82, 2.24) is 0 Å². The van der Waals surface area contributed by atoms with Gasteiger partial charge in [-0.3, -0.25) is 0 Å². The number of halogens is 2. The van der Waals surface area contributed by atoms with E-state index in [0.29, 0.717) is 32.7 Å². The summed E-state index contributed by atoms with van der Waals surface area (Å²) in [6.07, 6.45) is -0.940. The van der Waals surface area contributed by atoms with Gasteiger partial charge in [-0.15, -0.1) is 0 Å². The van der Waals surface area contributed by atoms with Crippen LogP contribution in [0.1, 0.15) is 22.8 Å². The number of aryl methyl sites for hydroxylation is 1. The Bertz CT molecular complexity index is 656. The highest BCUT2D eigenvalue weighted by Crippen LogP contribution is 2.39. The van der Waals surface area contributed by atoms with E-state index >= 15 is 0 Å². The molecule has 5 heteroatoms. The van der Waals surface area contributed by atoms with Crippen LogP contribution in [0.2, 0.25) is 10.0 Å². The maximum atomic E-state index is 10.6. The van der Waals surface area contributed by atoms with Gasteiger partial charge in [-0.25, -0.2) is 0 Å². The number of benzene rings is 2. The first-order chi connectivity index (χ1) is 9.99. The van der Waals surface area contributed by atoms with Gasteiger partial charge in [-0.2, -0.15) is 0 Å². The van der Waals surface area contributed by atoms with Gasteiger partial charge >= 0.3 is 0 Å². The van der Waals surface area contributed by atoms with E-state index in [1.54, 1.807) is 18.2 Å². The summed E-state index contributed by atoms with van der Waals surface area (Å²) in [5.41, 5.74) is 2.01. The fourth-order valence-electron chi connectivity index (χ4n) is 2.13. The zero-order valence-electron chi connectivity index (χ0n) is 12.0. The minimum atomic E-state index is -0.940. The molecule has 0 spiro atoms. The number of hydrogen-bond donors (Lipinski definition) is 1. The van der Waals surface area contributed by atoms with Gasteiger partial charge in [-0.1, -0.05) is 41.4 Å². The number of methoxy groups -OCH3 is 2. The van der Waals surface area contributed by atoms with Crippen LogP contribution in [0.25, 0.3) is 0 Å². The molecule has 0 heterocycles. The number of aliphatic hydroxyl groups is 1. The predicted molar refractivity (Wildman–Crippen MR) is 84.8 cm³/mol. The molecule has 1 unspecified atom stereocenters. The van der Waals surface area contributed by atoms with E-state index in [1.807, 2.05) is 19.1 Å². The number of aliphatic hydroxyl groups excluding tert-OH is 1. The summed E-state index contributed by atoms with van der Waals surface area (Å²) >= 11 is 12.5. The summed E-state index contributed by atoms with van der Waals surface area (Å²) < 4.78 is 10.4. The highest BCUT2D eigenvalue weighted by Gasteiger charge is 2.20. The van der Waals surface area contributed by atoms with Crippen LogP contribution in [-0.2, 0) is 0 Å². The molecule has 0 aromatic heterocycles. The van der Waals surface area contributed by atoms with E-state index in [0.717, 1.165) is 5.56 Å². The molecule has 0 aliphatic carbocycles. The topological polar surface area (TPSA) is 38.7 Å². The molecule has 0 aliphatic heterocycles. The molecule has 3 nitrogen and oxygen atoms in total. The number of ether oxygens (including phenoxy) is 2. The van der Waals surface area contributed by atoms with Crippen molar-refractivity contribution in [2.45, 2.75) is 13.0 Å². The summed E-state index contributed by atoms with van der Waals surface area (Å²) in [6, 6.07) is 8.77. The van der Waals surface area contributed by atoms with Crippen molar-refractivity contribution < 1.29 is 14.6 Å². The summed E-state index contributed by atoms with van der Waals surface area (Å²) in [5.74, 6) is 1.01. The molecule has 2 aromatic rings. The molecule has 0 radical (unpaired) electrons. The van der Waals surface area contributed by atoms with Crippen molar-refractivity contribution >= 4 is 23.2 Å². The fourth-order valence-corrected chi connectivity index (χ4v) is 2.61. The molecule has 2 rings (SSSR count). The second-order valence-electron chi connectivity index (χ2n) is 4.61. The highest BCUT2D eigenvalue weighted by molar-refractivity contribution is 6.32. The second kappa shape index (κ2) is 6.56. The van der Waals surface area contributed by atoms with Crippen LogP contribution in [0.5, 0.6) is 11.5 Å². The van der Waals surface area contributed by atoms with Gasteiger partial charge in [0.2, 0.25) is 0 Å². The predicted octanol–water partition coefficient (Wildman–Crippen LogP) is 4.40. The standard InChI is InChI=1S/C16H16Cl2O3/c1-9-5-4-6-10(15(9)18)16(19)11-7-13(20-2)14(21-3)8-12(11)17/h4-8,16,19H,1-3H3. The van der Waals surface area contributed by atoms with Crippen LogP contribution in [-0.4, -0.2) is 19.3 Å². The fraction of sp³-hybridized carbons (Fsp3) is 0.250. The van der Waals surface area contributed by atoms with E-state index in [4.69, 9.17) is 32.7 Å². The minimum Gasteiger partial charge on any atom is -0.493 e. The van der Waals surface area contributed by atoms with E-state index in [9.17, 15) is 5.11 Å². The molecule has 0 saturated carbocycles. The summed E-state index contributed by atoms with van der Waals surface area (Å²) in [4.78, 5) is 0. The Hall–Kier alpha value is -1.42. The van der Waals surface area contributed by atoms with Crippen LogP contribution >= 0.6 is 23.2 Å². The van der Waals surface area contributed by atoms with Crippen LogP contribution in [0.3, 0.4) is 0 Å². The van der Waals surface area contributed by atoms with Crippen molar-refractivity contribution in [1.29, 1.82) is 0 Å². The van der Waals surface area contributed by atoms with Crippen molar-refractivity contribution in [2.75, 3.05) is 14.2 Å². The van der Waals surface area contributed by atoms with E-state index < -0.39 is 6.10 Å². The third-order valence-corrected chi connectivity index (χ3v) is 4.16. The third-order valence-electron chi connectivity index (χ3n) is 3.31. The lowest BCUT2D eigenvalue weighted by molar-refractivity contribution is 0.219. The van der Waals surface area contributed by atoms with Gasteiger partial charge in [0.25, 0.3) is 0 Å². The van der Waals surface area contributed by atoms with E-state index in [-0.39, 0.29) is 0 Å². The molecule has 112 valence electrons. The largest absolute Gasteiger partial charge is 0.493 e. The normalized spacial score (nSPS) is 12.1. The molecular formula is C16H16Cl2O3. The van der Waals surface area contributed by atoms with Gasteiger partial charge in [0.05, 0.1) is 19.2 Å². The monoisotopic (exact) mass is 326 g/mol.